The maximum atomic E-state index is 13.8. The van der Waals surface area contributed by atoms with Gasteiger partial charge in [-0.1, -0.05) is 60.7 Å². The van der Waals surface area contributed by atoms with Crippen LogP contribution >= 0.6 is 0 Å². The van der Waals surface area contributed by atoms with Crippen molar-refractivity contribution in [3.63, 3.8) is 0 Å². The van der Waals surface area contributed by atoms with Gasteiger partial charge in [0.15, 0.2) is 0 Å². The van der Waals surface area contributed by atoms with Gasteiger partial charge in [-0.3, -0.25) is 4.79 Å². The van der Waals surface area contributed by atoms with Crippen LogP contribution in [0.1, 0.15) is 48.8 Å². The SMILES string of the molecule is CN1CCN(c2ccc(C3N(c4ccccc4)C(=O)C34CCC(c3ccccc3)CC4)cc2)CC1. The highest BCUT2D eigenvalue weighted by molar-refractivity contribution is 6.06. The molecule has 0 N–H and O–H groups in total. The van der Waals surface area contributed by atoms with E-state index in [1.165, 1.54) is 16.8 Å². The first-order valence-corrected chi connectivity index (χ1v) is 13.1. The Bertz CT molecular complexity index is 1140. The molecule has 180 valence electrons. The van der Waals surface area contributed by atoms with E-state index in [2.05, 4.69) is 88.5 Å². The standard InChI is InChI=1S/C31H35N3O/c1-32-20-22-33(23-21-32)27-14-12-26(13-15-27)29-31(30(35)34(29)28-10-6-3-7-11-28)18-16-25(17-19-31)24-8-4-2-5-9-24/h2-15,25,29H,16-23H2,1H3. The van der Waals surface area contributed by atoms with Crippen LogP contribution in [0, 0.1) is 5.41 Å². The lowest BCUT2D eigenvalue weighted by Crippen LogP contribution is -2.64. The molecule has 3 aromatic rings. The first-order chi connectivity index (χ1) is 17.2. The van der Waals surface area contributed by atoms with E-state index in [0.29, 0.717) is 11.8 Å². The third kappa shape index (κ3) is 3.94. The Kier molecular flexibility index (Phi) is 5.85. The number of hydrogen-bond donors (Lipinski definition) is 0. The Hall–Kier alpha value is -3.11. The van der Waals surface area contributed by atoms with Gasteiger partial charge < -0.3 is 14.7 Å². The molecule has 2 saturated heterocycles. The zero-order valence-electron chi connectivity index (χ0n) is 20.6. The minimum absolute atomic E-state index is 0.107. The molecule has 2 heterocycles. The zero-order chi connectivity index (χ0) is 23.8. The van der Waals surface area contributed by atoms with Crippen LogP contribution in [0.4, 0.5) is 11.4 Å². The van der Waals surface area contributed by atoms with Crippen LogP contribution in [0.5, 0.6) is 0 Å². The number of anilines is 2. The molecule has 3 aromatic carbocycles. The number of carbonyl (C=O) groups is 1. The van der Waals surface area contributed by atoms with Gasteiger partial charge in [0.25, 0.3) is 0 Å². The zero-order valence-corrected chi connectivity index (χ0v) is 20.6. The second-order valence-electron chi connectivity index (χ2n) is 10.6. The number of nitrogens with zero attached hydrogens (tertiary/aromatic N) is 3. The number of benzene rings is 3. The van der Waals surface area contributed by atoms with Crippen molar-refractivity contribution in [1.82, 2.24) is 4.90 Å². The van der Waals surface area contributed by atoms with Crippen molar-refractivity contribution in [3.05, 3.63) is 96.1 Å². The number of para-hydroxylation sites is 1. The van der Waals surface area contributed by atoms with Crippen LogP contribution < -0.4 is 9.80 Å². The summed E-state index contributed by atoms with van der Waals surface area (Å²) in [5.74, 6) is 0.865. The lowest BCUT2D eigenvalue weighted by atomic mass is 9.57. The Morgan fingerprint density at radius 1 is 0.686 bits per heavy atom. The van der Waals surface area contributed by atoms with Gasteiger partial charge in [0.05, 0.1) is 11.5 Å². The molecule has 3 aliphatic rings. The molecule has 2 aliphatic heterocycles. The molecule has 0 aromatic heterocycles. The maximum absolute atomic E-state index is 13.8. The lowest BCUT2D eigenvalue weighted by Gasteiger charge is -2.58. The van der Waals surface area contributed by atoms with E-state index in [4.69, 9.17) is 0 Å². The monoisotopic (exact) mass is 465 g/mol. The molecule has 1 spiro atoms. The molecule has 1 aliphatic carbocycles. The topological polar surface area (TPSA) is 26.8 Å². The number of likely N-dealkylation sites (N-methyl/N-ethyl adjacent to an activating group) is 1. The van der Waals surface area contributed by atoms with Crippen molar-refractivity contribution in [2.45, 2.75) is 37.6 Å². The molecule has 3 fully saturated rings. The van der Waals surface area contributed by atoms with Crippen molar-refractivity contribution in [2.75, 3.05) is 43.0 Å². The number of amides is 1. The van der Waals surface area contributed by atoms with Crippen LogP contribution in [-0.4, -0.2) is 44.0 Å². The summed E-state index contributed by atoms with van der Waals surface area (Å²) in [5.41, 5.74) is 4.71. The predicted octanol–water partition coefficient (Wildman–Crippen LogP) is 5.87. The maximum Gasteiger partial charge on any atom is 0.236 e. The molecule has 4 nitrogen and oxygen atoms in total. The van der Waals surface area contributed by atoms with E-state index in [9.17, 15) is 4.79 Å². The van der Waals surface area contributed by atoms with Crippen molar-refractivity contribution in [3.8, 4) is 0 Å². The molecule has 4 heteroatoms. The fourth-order valence-electron chi connectivity index (χ4n) is 6.59. The minimum Gasteiger partial charge on any atom is -0.369 e. The fourth-order valence-corrected chi connectivity index (χ4v) is 6.59. The molecular formula is C31H35N3O. The van der Waals surface area contributed by atoms with Gasteiger partial charge in [-0.05, 0) is 74.0 Å². The predicted molar refractivity (Wildman–Crippen MR) is 143 cm³/mol. The molecule has 1 saturated carbocycles. The van der Waals surface area contributed by atoms with E-state index in [1.807, 2.05) is 18.2 Å². The highest BCUT2D eigenvalue weighted by Crippen LogP contribution is 2.60. The minimum atomic E-state index is -0.281. The molecule has 0 radical (unpaired) electrons. The number of hydrogen-bond acceptors (Lipinski definition) is 3. The third-order valence-electron chi connectivity index (χ3n) is 8.69. The summed E-state index contributed by atoms with van der Waals surface area (Å²) in [6.07, 6.45) is 4.07. The van der Waals surface area contributed by atoms with Gasteiger partial charge in [0.2, 0.25) is 5.91 Å². The van der Waals surface area contributed by atoms with E-state index < -0.39 is 0 Å². The van der Waals surface area contributed by atoms with Crippen molar-refractivity contribution >= 4 is 17.3 Å². The Morgan fingerprint density at radius 3 is 1.91 bits per heavy atom. The average molecular weight is 466 g/mol. The summed E-state index contributed by atoms with van der Waals surface area (Å²) in [5, 5.41) is 0. The Morgan fingerprint density at radius 2 is 1.29 bits per heavy atom. The highest BCUT2D eigenvalue weighted by atomic mass is 16.2. The quantitative estimate of drug-likeness (QED) is 0.451. The van der Waals surface area contributed by atoms with Crippen LogP contribution in [0.25, 0.3) is 0 Å². The van der Waals surface area contributed by atoms with E-state index in [-0.39, 0.29) is 11.5 Å². The average Bonchev–Trinajstić information content (AvgIpc) is 2.93. The van der Waals surface area contributed by atoms with Crippen molar-refractivity contribution in [2.24, 2.45) is 5.41 Å². The summed E-state index contributed by atoms with van der Waals surface area (Å²) in [6.45, 7) is 4.34. The second-order valence-corrected chi connectivity index (χ2v) is 10.6. The van der Waals surface area contributed by atoms with Crippen LogP contribution in [0.3, 0.4) is 0 Å². The van der Waals surface area contributed by atoms with E-state index in [1.54, 1.807) is 0 Å². The number of rotatable bonds is 4. The summed E-state index contributed by atoms with van der Waals surface area (Å²) in [6, 6.07) is 30.3. The normalized spacial score (nSPS) is 27.2. The first kappa shape index (κ1) is 22.4. The molecule has 0 bridgehead atoms. The lowest BCUT2D eigenvalue weighted by molar-refractivity contribution is -0.143. The highest BCUT2D eigenvalue weighted by Gasteiger charge is 2.61. The summed E-state index contributed by atoms with van der Waals surface area (Å²) in [7, 11) is 2.19. The number of piperazine rings is 1. The molecular weight excluding hydrogens is 430 g/mol. The summed E-state index contributed by atoms with van der Waals surface area (Å²) >= 11 is 0. The van der Waals surface area contributed by atoms with Crippen LogP contribution in [0.15, 0.2) is 84.9 Å². The largest absolute Gasteiger partial charge is 0.369 e. The van der Waals surface area contributed by atoms with Crippen LogP contribution in [-0.2, 0) is 4.79 Å². The van der Waals surface area contributed by atoms with Crippen LogP contribution in [0.2, 0.25) is 0 Å². The molecule has 1 atom stereocenters. The van der Waals surface area contributed by atoms with Gasteiger partial charge in [0.1, 0.15) is 0 Å². The molecule has 35 heavy (non-hydrogen) atoms. The summed E-state index contributed by atoms with van der Waals surface area (Å²) < 4.78 is 0. The van der Waals surface area contributed by atoms with Crippen molar-refractivity contribution in [1.29, 1.82) is 0 Å². The first-order valence-electron chi connectivity index (χ1n) is 13.1. The molecule has 6 rings (SSSR count). The van der Waals surface area contributed by atoms with Gasteiger partial charge in [0, 0.05) is 37.6 Å². The molecule has 1 unspecified atom stereocenters. The fraction of sp³-hybridized carbons (Fsp3) is 0.387. The van der Waals surface area contributed by atoms with Gasteiger partial charge in [-0.25, -0.2) is 0 Å². The second kappa shape index (κ2) is 9.16. The third-order valence-corrected chi connectivity index (χ3v) is 8.69. The smallest absolute Gasteiger partial charge is 0.236 e. The van der Waals surface area contributed by atoms with Crippen molar-refractivity contribution < 1.29 is 4.79 Å². The summed E-state index contributed by atoms with van der Waals surface area (Å²) in [4.78, 5) is 20.8. The number of β-lactam (4-membered cyclic amide) rings is 1. The van der Waals surface area contributed by atoms with Gasteiger partial charge in [-0.2, -0.15) is 0 Å². The Labute approximate surface area is 209 Å². The van der Waals surface area contributed by atoms with E-state index in [0.717, 1.165) is 57.5 Å². The molecule has 1 amide bonds. The number of carbonyl (C=O) groups excluding carboxylic acids is 1. The van der Waals surface area contributed by atoms with E-state index >= 15 is 0 Å². The van der Waals surface area contributed by atoms with Gasteiger partial charge in [-0.15, -0.1) is 0 Å². The van der Waals surface area contributed by atoms with Gasteiger partial charge >= 0.3 is 0 Å². The Balaban J connectivity index is 1.28.